The maximum atomic E-state index is 12.8. The van der Waals surface area contributed by atoms with Crippen molar-refractivity contribution in [1.29, 1.82) is 0 Å². The highest BCUT2D eigenvalue weighted by Crippen LogP contribution is 2.29. The number of halogens is 1. The monoisotopic (exact) mass is 315 g/mol. The number of aryl methyl sites for hydroxylation is 2. The predicted octanol–water partition coefficient (Wildman–Crippen LogP) is 3.46. The zero-order valence-electron chi connectivity index (χ0n) is 12.3. The molecule has 1 atom stereocenters. The highest BCUT2D eigenvalue weighted by Gasteiger charge is 2.32. The number of sulfonamides is 1. The SMILES string of the molecule is CCC1CCN(S(=O)(=O)c2cc(CCl)c(C)cc2C)C1. The predicted molar refractivity (Wildman–Crippen MR) is 82.6 cm³/mol. The van der Waals surface area contributed by atoms with Crippen molar-refractivity contribution < 1.29 is 8.42 Å². The Kier molecular flexibility index (Phi) is 4.77. The van der Waals surface area contributed by atoms with Crippen molar-refractivity contribution in [3.8, 4) is 0 Å². The van der Waals surface area contributed by atoms with Gasteiger partial charge in [-0.15, -0.1) is 11.6 Å². The Balaban J connectivity index is 2.40. The average molecular weight is 316 g/mol. The van der Waals surface area contributed by atoms with Gasteiger partial charge in [-0.1, -0.05) is 19.4 Å². The van der Waals surface area contributed by atoms with Crippen molar-refractivity contribution in [2.75, 3.05) is 13.1 Å². The van der Waals surface area contributed by atoms with Crippen LogP contribution in [0.25, 0.3) is 0 Å². The van der Waals surface area contributed by atoms with Gasteiger partial charge in [-0.3, -0.25) is 0 Å². The van der Waals surface area contributed by atoms with Crippen molar-refractivity contribution in [3.05, 3.63) is 28.8 Å². The molecule has 20 heavy (non-hydrogen) atoms. The zero-order valence-corrected chi connectivity index (χ0v) is 13.9. The quantitative estimate of drug-likeness (QED) is 0.798. The molecule has 1 aliphatic rings. The summed E-state index contributed by atoms with van der Waals surface area (Å²) in [5.41, 5.74) is 2.74. The second kappa shape index (κ2) is 6.04. The molecule has 1 fully saturated rings. The molecule has 5 heteroatoms. The van der Waals surface area contributed by atoms with Crippen LogP contribution in [-0.2, 0) is 15.9 Å². The molecule has 3 nitrogen and oxygen atoms in total. The van der Waals surface area contributed by atoms with Gasteiger partial charge in [0, 0.05) is 19.0 Å². The van der Waals surface area contributed by atoms with Crippen molar-refractivity contribution in [2.45, 2.75) is 44.4 Å². The van der Waals surface area contributed by atoms with Gasteiger partial charge in [0.1, 0.15) is 0 Å². The molecule has 0 saturated carbocycles. The van der Waals surface area contributed by atoms with Gasteiger partial charge < -0.3 is 0 Å². The number of benzene rings is 1. The van der Waals surface area contributed by atoms with E-state index in [9.17, 15) is 8.42 Å². The van der Waals surface area contributed by atoms with E-state index in [4.69, 9.17) is 11.6 Å². The largest absolute Gasteiger partial charge is 0.243 e. The molecule has 0 spiro atoms. The first-order valence-electron chi connectivity index (χ1n) is 7.06. The molecule has 0 radical (unpaired) electrons. The Bertz CT molecular complexity index is 598. The van der Waals surface area contributed by atoms with Crippen LogP contribution in [0.5, 0.6) is 0 Å². The molecule has 0 N–H and O–H groups in total. The fourth-order valence-electron chi connectivity index (χ4n) is 2.78. The lowest BCUT2D eigenvalue weighted by molar-refractivity contribution is 0.452. The van der Waals surface area contributed by atoms with E-state index in [0.717, 1.165) is 29.5 Å². The first-order valence-corrected chi connectivity index (χ1v) is 9.03. The van der Waals surface area contributed by atoms with Gasteiger partial charge in [0.05, 0.1) is 4.90 Å². The molecule has 1 aromatic carbocycles. The van der Waals surface area contributed by atoms with Crippen LogP contribution in [0, 0.1) is 19.8 Å². The van der Waals surface area contributed by atoms with Crippen LogP contribution in [0.15, 0.2) is 17.0 Å². The number of hydrogen-bond acceptors (Lipinski definition) is 2. The number of rotatable bonds is 4. The smallest absolute Gasteiger partial charge is 0.207 e. The molecule has 1 aliphatic heterocycles. The van der Waals surface area contributed by atoms with Crippen LogP contribution >= 0.6 is 11.6 Å². The molecule has 0 aliphatic carbocycles. The summed E-state index contributed by atoms with van der Waals surface area (Å²) in [6, 6.07) is 3.66. The molecule has 1 heterocycles. The minimum Gasteiger partial charge on any atom is -0.207 e. The van der Waals surface area contributed by atoms with Crippen LogP contribution in [0.3, 0.4) is 0 Å². The van der Waals surface area contributed by atoms with Crippen molar-refractivity contribution in [2.24, 2.45) is 5.92 Å². The molecule has 1 saturated heterocycles. The summed E-state index contributed by atoms with van der Waals surface area (Å²) >= 11 is 5.90. The summed E-state index contributed by atoms with van der Waals surface area (Å²) in [5.74, 6) is 0.828. The molecule has 0 amide bonds. The van der Waals surface area contributed by atoms with Gasteiger partial charge in [0.25, 0.3) is 0 Å². The van der Waals surface area contributed by atoms with E-state index < -0.39 is 10.0 Å². The van der Waals surface area contributed by atoms with Crippen LogP contribution in [-0.4, -0.2) is 25.8 Å². The zero-order chi connectivity index (χ0) is 14.9. The van der Waals surface area contributed by atoms with Gasteiger partial charge in [-0.2, -0.15) is 4.31 Å². The van der Waals surface area contributed by atoms with Crippen molar-refractivity contribution in [1.82, 2.24) is 4.31 Å². The molecule has 1 aromatic rings. The van der Waals surface area contributed by atoms with Gasteiger partial charge in [-0.05, 0) is 48.9 Å². The topological polar surface area (TPSA) is 37.4 Å². The number of nitrogens with zero attached hydrogens (tertiary/aromatic N) is 1. The third kappa shape index (κ3) is 2.87. The molecule has 112 valence electrons. The first-order chi connectivity index (χ1) is 9.40. The van der Waals surface area contributed by atoms with Crippen molar-refractivity contribution in [3.63, 3.8) is 0 Å². The highest BCUT2D eigenvalue weighted by molar-refractivity contribution is 7.89. The van der Waals surface area contributed by atoms with Gasteiger partial charge in [-0.25, -0.2) is 8.42 Å². The third-order valence-electron chi connectivity index (χ3n) is 4.22. The average Bonchev–Trinajstić information content (AvgIpc) is 2.88. The Morgan fingerprint density at radius 1 is 1.30 bits per heavy atom. The summed E-state index contributed by atoms with van der Waals surface area (Å²) in [7, 11) is -3.39. The lowest BCUT2D eigenvalue weighted by atomic mass is 10.1. The molecular weight excluding hydrogens is 294 g/mol. The molecule has 2 rings (SSSR count). The minimum atomic E-state index is -3.39. The Morgan fingerprint density at radius 3 is 2.55 bits per heavy atom. The third-order valence-corrected chi connectivity index (χ3v) is 6.52. The molecule has 1 unspecified atom stereocenters. The molecule has 0 bridgehead atoms. The van der Waals surface area contributed by atoms with Crippen LogP contribution in [0.1, 0.15) is 36.5 Å². The van der Waals surface area contributed by atoms with Gasteiger partial charge in [0.15, 0.2) is 0 Å². The minimum absolute atomic E-state index is 0.340. The van der Waals surface area contributed by atoms with E-state index in [-0.39, 0.29) is 0 Å². The van der Waals surface area contributed by atoms with Gasteiger partial charge in [0.2, 0.25) is 10.0 Å². The highest BCUT2D eigenvalue weighted by atomic mass is 35.5. The lowest BCUT2D eigenvalue weighted by Crippen LogP contribution is -2.29. The van der Waals surface area contributed by atoms with Crippen LogP contribution in [0.4, 0.5) is 0 Å². The van der Waals surface area contributed by atoms with Crippen LogP contribution in [0.2, 0.25) is 0 Å². The number of alkyl halides is 1. The molecule has 0 aromatic heterocycles. The second-order valence-corrected chi connectivity index (χ2v) is 7.78. The van der Waals surface area contributed by atoms with Crippen LogP contribution < -0.4 is 0 Å². The maximum Gasteiger partial charge on any atom is 0.243 e. The van der Waals surface area contributed by atoms with E-state index in [2.05, 4.69) is 6.92 Å². The number of hydrogen-bond donors (Lipinski definition) is 0. The first kappa shape index (κ1) is 15.8. The van der Waals surface area contributed by atoms with E-state index in [1.807, 2.05) is 19.9 Å². The second-order valence-electron chi connectivity index (χ2n) is 5.60. The molecular formula is C15H22ClNO2S. The Labute approximate surface area is 127 Å². The fourth-order valence-corrected chi connectivity index (χ4v) is 4.86. The standard InChI is InChI=1S/C15H22ClNO2S/c1-4-13-5-6-17(10-13)20(18,19)15-8-14(9-16)11(2)7-12(15)3/h7-8,13H,4-6,9-10H2,1-3H3. The van der Waals surface area contributed by atoms with Gasteiger partial charge >= 0.3 is 0 Å². The van der Waals surface area contributed by atoms with E-state index in [0.29, 0.717) is 29.8 Å². The Morgan fingerprint density at radius 2 is 2.00 bits per heavy atom. The summed E-state index contributed by atoms with van der Waals surface area (Å²) in [4.78, 5) is 0.413. The van der Waals surface area contributed by atoms with Crippen molar-refractivity contribution >= 4 is 21.6 Å². The summed E-state index contributed by atoms with van der Waals surface area (Å²) in [6.45, 7) is 7.20. The summed E-state index contributed by atoms with van der Waals surface area (Å²) in [5, 5.41) is 0. The maximum absolute atomic E-state index is 12.8. The van der Waals surface area contributed by atoms with E-state index in [1.54, 1.807) is 10.4 Å². The summed E-state index contributed by atoms with van der Waals surface area (Å²) in [6.07, 6.45) is 1.99. The van der Waals surface area contributed by atoms with E-state index >= 15 is 0 Å². The normalized spacial score (nSPS) is 20.5. The lowest BCUT2D eigenvalue weighted by Gasteiger charge is -2.19. The summed E-state index contributed by atoms with van der Waals surface area (Å²) < 4.78 is 27.2. The fraction of sp³-hybridized carbons (Fsp3) is 0.600. The van der Waals surface area contributed by atoms with E-state index in [1.165, 1.54) is 0 Å². The Hall–Kier alpha value is -0.580.